The van der Waals surface area contributed by atoms with Gasteiger partial charge in [-0.25, -0.2) is 13.2 Å². The summed E-state index contributed by atoms with van der Waals surface area (Å²) in [6.07, 6.45) is 4.35. The molecule has 2 rings (SSSR count). The van der Waals surface area contributed by atoms with Crippen LogP contribution in [0.15, 0.2) is 47.6 Å². The molecule has 1 aromatic carbocycles. The molecule has 1 aromatic heterocycles. The first-order valence-corrected chi connectivity index (χ1v) is 7.38. The lowest BCUT2D eigenvalue weighted by Crippen LogP contribution is -2.01. The highest BCUT2D eigenvalue weighted by Gasteiger charge is 2.10. The van der Waals surface area contributed by atoms with Crippen LogP contribution in [0, 0.1) is 0 Å². The molecule has 2 aromatic rings. The van der Waals surface area contributed by atoms with Crippen molar-refractivity contribution in [2.75, 3.05) is 13.4 Å². The van der Waals surface area contributed by atoms with Crippen molar-refractivity contribution in [3.63, 3.8) is 0 Å². The molecular formula is C13H13NO4S. The quantitative estimate of drug-likeness (QED) is 0.802. The second-order valence-corrected chi connectivity index (χ2v) is 6.08. The Morgan fingerprint density at radius 1 is 1.16 bits per heavy atom. The molecule has 0 amide bonds. The molecule has 19 heavy (non-hydrogen) atoms. The third-order valence-electron chi connectivity index (χ3n) is 2.68. The minimum absolute atomic E-state index is 0.254. The van der Waals surface area contributed by atoms with Gasteiger partial charge in [-0.1, -0.05) is 0 Å². The molecule has 0 saturated carbocycles. The van der Waals surface area contributed by atoms with Crippen LogP contribution in [0.25, 0.3) is 5.69 Å². The minimum atomic E-state index is -3.21. The Morgan fingerprint density at radius 3 is 2.26 bits per heavy atom. The molecule has 1 heterocycles. The van der Waals surface area contributed by atoms with Gasteiger partial charge in [-0.05, 0) is 30.3 Å². The number of benzene rings is 1. The Labute approximate surface area is 111 Å². The fraction of sp³-hybridized carbons (Fsp3) is 0.154. The number of carbonyl (C=O) groups is 1. The first kappa shape index (κ1) is 13.4. The SMILES string of the molecule is COC(=O)c1ccc(-n2ccc(S(C)(=O)=O)c2)cc1. The van der Waals surface area contributed by atoms with Gasteiger partial charge in [-0.15, -0.1) is 0 Å². The molecule has 0 aliphatic carbocycles. The van der Waals surface area contributed by atoms with Gasteiger partial charge in [0, 0.05) is 24.3 Å². The van der Waals surface area contributed by atoms with E-state index < -0.39 is 15.8 Å². The van der Waals surface area contributed by atoms with E-state index in [1.54, 1.807) is 35.0 Å². The number of rotatable bonds is 3. The lowest BCUT2D eigenvalue weighted by atomic mass is 10.2. The van der Waals surface area contributed by atoms with Crippen molar-refractivity contribution < 1.29 is 17.9 Å². The monoisotopic (exact) mass is 279 g/mol. The minimum Gasteiger partial charge on any atom is -0.465 e. The highest BCUT2D eigenvalue weighted by Crippen LogP contribution is 2.15. The number of aromatic nitrogens is 1. The van der Waals surface area contributed by atoms with E-state index in [0.717, 1.165) is 11.9 Å². The zero-order chi connectivity index (χ0) is 14.0. The van der Waals surface area contributed by atoms with Crippen molar-refractivity contribution in [1.29, 1.82) is 0 Å². The summed E-state index contributed by atoms with van der Waals surface area (Å²) in [7, 11) is -1.89. The molecule has 0 saturated heterocycles. The van der Waals surface area contributed by atoms with Gasteiger partial charge >= 0.3 is 5.97 Å². The van der Waals surface area contributed by atoms with Gasteiger partial charge in [-0.2, -0.15) is 0 Å². The average molecular weight is 279 g/mol. The molecule has 0 N–H and O–H groups in total. The second kappa shape index (κ2) is 4.89. The van der Waals surface area contributed by atoms with Crippen LogP contribution in [0.5, 0.6) is 0 Å². The largest absolute Gasteiger partial charge is 0.465 e. The highest BCUT2D eigenvalue weighted by atomic mass is 32.2. The van der Waals surface area contributed by atoms with E-state index in [1.165, 1.54) is 19.4 Å². The average Bonchev–Trinajstić information content (AvgIpc) is 2.87. The Balaban J connectivity index is 2.33. The first-order valence-electron chi connectivity index (χ1n) is 5.48. The van der Waals surface area contributed by atoms with Crippen molar-refractivity contribution in [1.82, 2.24) is 4.57 Å². The number of sulfone groups is 1. The van der Waals surface area contributed by atoms with Gasteiger partial charge < -0.3 is 9.30 Å². The van der Waals surface area contributed by atoms with E-state index in [1.807, 2.05) is 0 Å². The predicted octanol–water partition coefficient (Wildman–Crippen LogP) is 1.67. The molecule has 0 aliphatic rings. The number of ether oxygens (including phenoxy) is 1. The van der Waals surface area contributed by atoms with Crippen LogP contribution < -0.4 is 0 Å². The van der Waals surface area contributed by atoms with Crippen LogP contribution in [0.2, 0.25) is 0 Å². The summed E-state index contributed by atoms with van der Waals surface area (Å²) in [6, 6.07) is 8.22. The highest BCUT2D eigenvalue weighted by molar-refractivity contribution is 7.90. The van der Waals surface area contributed by atoms with E-state index in [0.29, 0.717) is 5.56 Å². The summed E-state index contributed by atoms with van der Waals surface area (Å²) in [5, 5.41) is 0. The smallest absolute Gasteiger partial charge is 0.337 e. The summed E-state index contributed by atoms with van der Waals surface area (Å²) in [5.41, 5.74) is 1.21. The maximum atomic E-state index is 11.4. The zero-order valence-electron chi connectivity index (χ0n) is 10.5. The van der Waals surface area contributed by atoms with Crippen LogP contribution in [0.3, 0.4) is 0 Å². The third kappa shape index (κ3) is 2.85. The molecule has 0 radical (unpaired) electrons. The number of nitrogens with zero attached hydrogens (tertiary/aromatic N) is 1. The fourth-order valence-electron chi connectivity index (χ4n) is 1.64. The Kier molecular flexibility index (Phi) is 3.44. The van der Waals surface area contributed by atoms with Crippen molar-refractivity contribution in [3.05, 3.63) is 48.3 Å². The number of hydrogen-bond donors (Lipinski definition) is 0. The van der Waals surface area contributed by atoms with E-state index >= 15 is 0 Å². The topological polar surface area (TPSA) is 65.4 Å². The van der Waals surface area contributed by atoms with Crippen molar-refractivity contribution in [3.8, 4) is 5.69 Å². The molecule has 5 nitrogen and oxygen atoms in total. The zero-order valence-corrected chi connectivity index (χ0v) is 11.3. The summed E-state index contributed by atoms with van der Waals surface area (Å²) < 4.78 is 29.1. The standard InChI is InChI=1S/C13H13NO4S/c1-18-13(15)10-3-5-11(6-4-10)14-8-7-12(9-14)19(2,16)17/h3-9H,1-2H3. The molecule has 0 aliphatic heterocycles. The molecule has 0 atom stereocenters. The van der Waals surface area contributed by atoms with E-state index in [9.17, 15) is 13.2 Å². The van der Waals surface area contributed by atoms with Crippen LogP contribution >= 0.6 is 0 Å². The van der Waals surface area contributed by atoms with Crippen molar-refractivity contribution in [2.24, 2.45) is 0 Å². The Hall–Kier alpha value is -2.08. The maximum absolute atomic E-state index is 11.4. The molecular weight excluding hydrogens is 266 g/mol. The van der Waals surface area contributed by atoms with Gasteiger partial charge in [0.1, 0.15) is 0 Å². The van der Waals surface area contributed by atoms with Crippen LogP contribution in [-0.2, 0) is 14.6 Å². The summed E-state index contributed by atoms with van der Waals surface area (Å²) >= 11 is 0. The molecule has 100 valence electrons. The number of methoxy groups -OCH3 is 1. The lowest BCUT2D eigenvalue weighted by Gasteiger charge is -2.04. The number of esters is 1. The van der Waals surface area contributed by atoms with Crippen molar-refractivity contribution >= 4 is 15.8 Å². The molecule has 0 fully saturated rings. The van der Waals surface area contributed by atoms with Crippen LogP contribution in [0.1, 0.15) is 10.4 Å². The number of hydrogen-bond acceptors (Lipinski definition) is 4. The van der Waals surface area contributed by atoms with Gasteiger partial charge in [0.2, 0.25) is 0 Å². The van der Waals surface area contributed by atoms with E-state index in [4.69, 9.17) is 0 Å². The fourth-order valence-corrected chi connectivity index (χ4v) is 2.26. The lowest BCUT2D eigenvalue weighted by molar-refractivity contribution is 0.0600. The normalized spacial score (nSPS) is 11.3. The van der Waals surface area contributed by atoms with Gasteiger partial charge in [0.25, 0.3) is 0 Å². The van der Waals surface area contributed by atoms with Gasteiger partial charge in [-0.3, -0.25) is 0 Å². The van der Waals surface area contributed by atoms with E-state index in [2.05, 4.69) is 4.74 Å². The third-order valence-corrected chi connectivity index (χ3v) is 3.78. The molecule has 6 heteroatoms. The van der Waals surface area contributed by atoms with Crippen LogP contribution in [0.4, 0.5) is 0 Å². The Bertz CT molecular complexity index is 698. The predicted molar refractivity (Wildman–Crippen MR) is 70.2 cm³/mol. The molecule has 0 spiro atoms. The number of carbonyl (C=O) groups excluding carboxylic acids is 1. The molecule has 0 bridgehead atoms. The van der Waals surface area contributed by atoms with E-state index in [-0.39, 0.29) is 4.90 Å². The summed E-state index contributed by atoms with van der Waals surface area (Å²) in [5.74, 6) is -0.407. The van der Waals surface area contributed by atoms with Gasteiger partial charge in [0.15, 0.2) is 9.84 Å². The maximum Gasteiger partial charge on any atom is 0.337 e. The first-order chi connectivity index (χ1) is 8.91. The Morgan fingerprint density at radius 2 is 1.79 bits per heavy atom. The second-order valence-electron chi connectivity index (χ2n) is 4.07. The molecule has 0 unspecified atom stereocenters. The van der Waals surface area contributed by atoms with Gasteiger partial charge in [0.05, 0.1) is 17.6 Å². The summed E-state index contributed by atoms with van der Waals surface area (Å²) in [4.78, 5) is 11.5. The summed E-state index contributed by atoms with van der Waals surface area (Å²) in [6.45, 7) is 0. The van der Waals surface area contributed by atoms with Crippen LogP contribution in [-0.4, -0.2) is 32.3 Å². The van der Waals surface area contributed by atoms with Crippen molar-refractivity contribution in [2.45, 2.75) is 4.90 Å².